The molecule has 1 N–H and O–H groups in total. The SMILES string of the molecule is COc1nn(C)cc1C(=O)NS1(=O)=NC(=O)c2ccc3c(c2)N(C[C@@H]2CC[C@H]2/C=C\C=C/[C@H](C)C1)C[C@@]1(CCCc2cc(Cl)ccc21)CO3. The van der Waals surface area contributed by atoms with Crippen molar-refractivity contribution in [1.82, 2.24) is 14.5 Å². The number of amides is 2. The first-order valence-electron chi connectivity index (χ1n) is 16.9. The molecule has 1 aromatic heterocycles. The second-order valence-electron chi connectivity index (χ2n) is 13.9. The van der Waals surface area contributed by atoms with Crippen molar-refractivity contribution in [2.24, 2.45) is 29.2 Å². The van der Waals surface area contributed by atoms with Crippen molar-refractivity contribution in [2.75, 3.05) is 37.5 Å². The van der Waals surface area contributed by atoms with Crippen molar-refractivity contribution in [3.63, 3.8) is 0 Å². The van der Waals surface area contributed by atoms with Crippen LogP contribution in [-0.2, 0) is 28.8 Å². The number of hydrogen-bond acceptors (Lipinski definition) is 7. The third-order valence-electron chi connectivity index (χ3n) is 10.3. The van der Waals surface area contributed by atoms with Gasteiger partial charge in [-0.2, -0.15) is 0 Å². The van der Waals surface area contributed by atoms with Crippen molar-refractivity contribution >= 4 is 39.0 Å². The molecule has 2 aliphatic carbocycles. The molecule has 3 aromatic rings. The number of benzene rings is 2. The number of ether oxygens (including phenoxy) is 2. The highest BCUT2D eigenvalue weighted by Gasteiger charge is 2.43. The molecular formula is C37H42ClN5O5S. The molecule has 7 rings (SSSR count). The Kier molecular flexibility index (Phi) is 9.08. The maximum Gasteiger partial charge on any atom is 0.286 e. The topological polar surface area (TPSA) is 115 Å². The lowest BCUT2D eigenvalue weighted by Crippen LogP contribution is -2.48. The van der Waals surface area contributed by atoms with E-state index in [1.807, 2.05) is 37.3 Å². The molecule has 0 radical (unpaired) electrons. The number of hydrogen-bond donors (Lipinski definition) is 1. The zero-order valence-corrected chi connectivity index (χ0v) is 29.6. The molecule has 2 aliphatic heterocycles. The van der Waals surface area contributed by atoms with E-state index in [2.05, 4.69) is 43.4 Å². The van der Waals surface area contributed by atoms with Crippen LogP contribution >= 0.6 is 11.6 Å². The second-order valence-corrected chi connectivity index (χ2v) is 16.3. The molecule has 1 fully saturated rings. The standard InChI is InChI=1S/C37H42ClN5O5S/c1-24-7-4-5-8-25-10-11-28(25)19-43-22-37(16-6-9-26-17-29(38)13-14-31(26)37)23-48-33-15-12-27(18-32(33)43)34(44)40-49(46,21-24)41-35(45)30-20-42(2)39-36(30)47-3/h4-5,7-8,12-15,17-18,20,24-25,28H,6,9-11,16,19,21-23H2,1-3H3,(H,40,41,44,45,46)/b7-4-,8-5-/t24-,25+,28-,37-,49?/m0/s1. The number of nitrogens with zero attached hydrogens (tertiary/aromatic N) is 4. The number of rotatable bonds is 3. The molecule has 2 amide bonds. The number of allylic oxidation sites excluding steroid dienone is 4. The van der Waals surface area contributed by atoms with E-state index >= 15 is 0 Å². The normalized spacial score (nSPS) is 29.3. The van der Waals surface area contributed by atoms with Gasteiger partial charge in [-0.15, -0.1) is 9.46 Å². The highest BCUT2D eigenvalue weighted by molar-refractivity contribution is 7.92. The second kappa shape index (κ2) is 13.3. The van der Waals surface area contributed by atoms with E-state index in [4.69, 9.17) is 21.1 Å². The zero-order chi connectivity index (χ0) is 34.3. The first-order chi connectivity index (χ1) is 23.5. The average Bonchev–Trinajstić information content (AvgIpc) is 3.37. The number of methoxy groups -OCH3 is 1. The lowest BCUT2D eigenvalue weighted by atomic mass is 9.69. The monoisotopic (exact) mass is 703 g/mol. The predicted molar refractivity (Wildman–Crippen MR) is 191 cm³/mol. The van der Waals surface area contributed by atoms with Crippen LogP contribution in [0.2, 0.25) is 5.02 Å². The molecule has 0 saturated heterocycles. The summed E-state index contributed by atoms with van der Waals surface area (Å²) < 4.78 is 34.5. The van der Waals surface area contributed by atoms with Crippen molar-refractivity contribution in [3.05, 3.63) is 94.2 Å². The van der Waals surface area contributed by atoms with Crippen LogP contribution in [0.3, 0.4) is 0 Å². The van der Waals surface area contributed by atoms with Gasteiger partial charge in [0.05, 0.1) is 25.2 Å². The lowest BCUT2D eigenvalue weighted by molar-refractivity contribution is 0.0979. The Morgan fingerprint density at radius 3 is 2.80 bits per heavy atom. The molecule has 258 valence electrons. The van der Waals surface area contributed by atoms with Crippen LogP contribution in [0.4, 0.5) is 5.69 Å². The molecule has 2 aromatic carbocycles. The zero-order valence-electron chi connectivity index (χ0n) is 28.1. The van der Waals surface area contributed by atoms with Gasteiger partial charge in [-0.05, 0) is 91.3 Å². The summed E-state index contributed by atoms with van der Waals surface area (Å²) in [5.74, 6) is -0.00852. The molecule has 49 heavy (non-hydrogen) atoms. The molecule has 4 aliphatic rings. The Balaban J connectivity index is 1.29. The van der Waals surface area contributed by atoms with Gasteiger partial charge in [0.2, 0.25) is 5.88 Å². The molecule has 5 atom stereocenters. The molecule has 1 spiro atoms. The van der Waals surface area contributed by atoms with E-state index in [9.17, 15) is 13.8 Å². The molecular weight excluding hydrogens is 662 g/mol. The van der Waals surface area contributed by atoms with Crippen LogP contribution in [0.15, 0.2) is 71.3 Å². The van der Waals surface area contributed by atoms with Gasteiger partial charge >= 0.3 is 0 Å². The van der Waals surface area contributed by atoms with Crippen molar-refractivity contribution in [1.29, 1.82) is 0 Å². The van der Waals surface area contributed by atoms with Crippen molar-refractivity contribution in [2.45, 2.75) is 44.4 Å². The Hall–Kier alpha value is -4.09. The number of carbonyl (C=O) groups is 2. The summed E-state index contributed by atoms with van der Waals surface area (Å²) in [4.78, 5) is 29.7. The van der Waals surface area contributed by atoms with Gasteiger partial charge in [-0.3, -0.25) is 19.0 Å². The summed E-state index contributed by atoms with van der Waals surface area (Å²) in [5.41, 5.74) is 3.50. The minimum atomic E-state index is -3.58. The predicted octanol–water partition coefficient (Wildman–Crippen LogP) is 6.30. The number of aromatic nitrogens is 2. The Morgan fingerprint density at radius 2 is 2.00 bits per heavy atom. The third kappa shape index (κ3) is 6.75. The fraction of sp³-hybridized carbons (Fsp3) is 0.432. The molecule has 3 heterocycles. The maximum atomic E-state index is 14.4. The molecule has 1 saturated carbocycles. The highest BCUT2D eigenvalue weighted by Crippen LogP contribution is 2.46. The van der Waals surface area contributed by atoms with E-state index in [0.717, 1.165) is 55.9 Å². The maximum absolute atomic E-state index is 14.4. The fourth-order valence-corrected chi connectivity index (χ4v) is 9.74. The minimum Gasteiger partial charge on any atom is -0.490 e. The summed E-state index contributed by atoms with van der Waals surface area (Å²) in [6, 6.07) is 11.5. The Morgan fingerprint density at radius 1 is 1.16 bits per heavy atom. The summed E-state index contributed by atoms with van der Waals surface area (Å²) in [5, 5.41) is 4.88. The number of aryl methyl sites for hydroxylation is 2. The van der Waals surface area contributed by atoms with E-state index in [-0.39, 0.29) is 34.1 Å². The van der Waals surface area contributed by atoms with E-state index in [1.165, 1.54) is 29.1 Å². The number of carbonyl (C=O) groups excluding carboxylic acids is 2. The number of nitrogens with one attached hydrogen (secondary N) is 1. The number of fused-ring (bicyclic) bond motifs is 4. The summed E-state index contributed by atoms with van der Waals surface area (Å²) in [7, 11) is -0.527. The average molecular weight is 704 g/mol. The Labute approximate surface area is 292 Å². The summed E-state index contributed by atoms with van der Waals surface area (Å²) in [6.45, 7) is 3.94. The number of anilines is 1. The quantitative estimate of drug-likeness (QED) is 0.341. The van der Waals surface area contributed by atoms with E-state index in [0.29, 0.717) is 24.2 Å². The van der Waals surface area contributed by atoms with E-state index in [1.54, 1.807) is 13.1 Å². The van der Waals surface area contributed by atoms with Crippen LogP contribution in [0.1, 0.15) is 64.4 Å². The van der Waals surface area contributed by atoms with Gasteiger partial charge in [-0.1, -0.05) is 48.9 Å². The van der Waals surface area contributed by atoms with Crippen molar-refractivity contribution in [3.8, 4) is 11.6 Å². The van der Waals surface area contributed by atoms with E-state index < -0.39 is 21.7 Å². The van der Waals surface area contributed by atoms with Crippen molar-refractivity contribution < 1.29 is 23.3 Å². The molecule has 10 nitrogen and oxygen atoms in total. The molecule has 12 heteroatoms. The van der Waals surface area contributed by atoms with Gasteiger partial charge in [0, 0.05) is 42.3 Å². The molecule has 1 unspecified atom stereocenters. The molecule has 2 bridgehead atoms. The summed E-state index contributed by atoms with van der Waals surface area (Å²) in [6.07, 6.45) is 14.9. The number of halogens is 1. The van der Waals surface area contributed by atoms with Gasteiger partial charge < -0.3 is 14.4 Å². The largest absolute Gasteiger partial charge is 0.490 e. The van der Waals surface area contributed by atoms with Crippen LogP contribution in [-0.4, -0.2) is 58.4 Å². The van der Waals surface area contributed by atoms with Crippen LogP contribution in [0.5, 0.6) is 11.6 Å². The smallest absolute Gasteiger partial charge is 0.286 e. The van der Waals surface area contributed by atoms with Crippen LogP contribution in [0, 0.1) is 17.8 Å². The first-order valence-corrected chi connectivity index (χ1v) is 19.0. The van der Waals surface area contributed by atoms with Crippen LogP contribution in [0.25, 0.3) is 0 Å². The highest BCUT2D eigenvalue weighted by atomic mass is 35.5. The fourth-order valence-electron chi connectivity index (χ4n) is 7.74. The minimum absolute atomic E-state index is 0.0599. The van der Waals surface area contributed by atoms with Gasteiger partial charge in [0.1, 0.15) is 21.2 Å². The van der Waals surface area contributed by atoms with Gasteiger partial charge in [-0.25, -0.2) is 4.21 Å². The van der Waals surface area contributed by atoms with Gasteiger partial charge in [0.25, 0.3) is 11.8 Å². The lowest BCUT2D eigenvalue weighted by Gasteiger charge is -2.44. The summed E-state index contributed by atoms with van der Waals surface area (Å²) >= 11 is 6.43. The van der Waals surface area contributed by atoms with Gasteiger partial charge in [0.15, 0.2) is 0 Å². The van der Waals surface area contributed by atoms with Crippen LogP contribution < -0.4 is 19.1 Å². The Bertz CT molecular complexity index is 1980. The first kappa shape index (κ1) is 33.4. The third-order valence-corrected chi connectivity index (χ3v) is 12.5.